The average molecular weight is 183 g/mol. The molecule has 0 saturated carbocycles. The van der Waals surface area contributed by atoms with Gasteiger partial charge < -0.3 is 15.0 Å². The van der Waals surface area contributed by atoms with Gasteiger partial charge in [-0.05, 0) is 13.3 Å². The number of nitrogens with zero attached hydrogens (tertiary/aromatic N) is 2. The van der Waals surface area contributed by atoms with E-state index in [1.165, 1.54) is 0 Å². The van der Waals surface area contributed by atoms with E-state index >= 15 is 0 Å². The summed E-state index contributed by atoms with van der Waals surface area (Å²) in [6.45, 7) is 4.72. The molecule has 1 heterocycles. The van der Waals surface area contributed by atoms with Crippen LogP contribution < -0.4 is 5.73 Å². The Balaban J connectivity index is 2.83. The van der Waals surface area contributed by atoms with Gasteiger partial charge in [-0.2, -0.15) is 0 Å². The summed E-state index contributed by atoms with van der Waals surface area (Å²) in [7, 11) is 1.70. The third-order valence-electron chi connectivity index (χ3n) is 2.11. The molecule has 13 heavy (non-hydrogen) atoms. The fourth-order valence-corrected chi connectivity index (χ4v) is 1.41. The van der Waals surface area contributed by atoms with Crippen molar-refractivity contribution >= 4 is 5.95 Å². The van der Waals surface area contributed by atoms with E-state index in [9.17, 15) is 0 Å². The van der Waals surface area contributed by atoms with Gasteiger partial charge in [-0.25, -0.2) is 4.98 Å². The molecule has 0 fully saturated rings. The second kappa shape index (κ2) is 4.28. The molecular formula is C9H17N3O. The lowest BCUT2D eigenvalue weighted by Crippen LogP contribution is -2.15. The number of aryl methyl sites for hydroxylation is 1. The fraction of sp³-hybridized carbons (Fsp3) is 0.667. The summed E-state index contributed by atoms with van der Waals surface area (Å²) in [4.78, 5) is 4.15. The zero-order valence-electron chi connectivity index (χ0n) is 8.45. The lowest BCUT2D eigenvalue weighted by atomic mass is 10.2. The Morgan fingerprint density at radius 2 is 2.38 bits per heavy atom. The molecule has 0 aliphatic rings. The highest BCUT2D eigenvalue weighted by Crippen LogP contribution is 2.16. The highest BCUT2D eigenvalue weighted by molar-refractivity contribution is 5.22. The number of hydrogen-bond donors (Lipinski definition) is 1. The number of methoxy groups -OCH3 is 1. The van der Waals surface area contributed by atoms with Crippen molar-refractivity contribution in [3.05, 3.63) is 11.9 Å². The molecule has 1 aromatic rings. The molecule has 1 aromatic heterocycles. The first kappa shape index (κ1) is 10.1. The summed E-state index contributed by atoms with van der Waals surface area (Å²) in [5.41, 5.74) is 6.70. The van der Waals surface area contributed by atoms with Crippen LogP contribution in [0, 0.1) is 6.92 Å². The molecule has 1 unspecified atom stereocenters. The number of nitrogens with two attached hydrogens (primary N) is 1. The minimum absolute atomic E-state index is 0.297. The van der Waals surface area contributed by atoms with Crippen LogP contribution in [0.1, 0.15) is 25.1 Å². The maximum absolute atomic E-state index is 5.74. The quantitative estimate of drug-likeness (QED) is 0.767. The highest BCUT2D eigenvalue weighted by Gasteiger charge is 2.11. The molecule has 4 heteroatoms. The van der Waals surface area contributed by atoms with Gasteiger partial charge in [0.2, 0.25) is 5.95 Å². The van der Waals surface area contributed by atoms with Crippen LogP contribution in [-0.2, 0) is 4.74 Å². The zero-order chi connectivity index (χ0) is 9.84. The molecule has 1 atom stereocenters. The first-order valence-electron chi connectivity index (χ1n) is 4.49. The molecule has 0 amide bonds. The van der Waals surface area contributed by atoms with Gasteiger partial charge in [0.05, 0.1) is 18.3 Å². The van der Waals surface area contributed by atoms with E-state index in [2.05, 4.69) is 11.9 Å². The minimum Gasteiger partial charge on any atom is -0.383 e. The Morgan fingerprint density at radius 3 is 2.77 bits per heavy atom. The van der Waals surface area contributed by atoms with Crippen LogP contribution in [-0.4, -0.2) is 23.3 Å². The molecule has 0 spiro atoms. The highest BCUT2D eigenvalue weighted by atomic mass is 16.5. The molecule has 0 saturated heterocycles. The molecular weight excluding hydrogens is 166 g/mol. The Bertz CT molecular complexity index is 270. The summed E-state index contributed by atoms with van der Waals surface area (Å²) in [5.74, 6) is 0.571. The van der Waals surface area contributed by atoms with Gasteiger partial charge in [0.1, 0.15) is 0 Å². The number of aromatic nitrogens is 2. The van der Waals surface area contributed by atoms with Gasteiger partial charge >= 0.3 is 0 Å². The van der Waals surface area contributed by atoms with E-state index in [1.807, 2.05) is 17.7 Å². The lowest BCUT2D eigenvalue weighted by Gasteiger charge is -2.16. The van der Waals surface area contributed by atoms with E-state index in [4.69, 9.17) is 10.5 Å². The lowest BCUT2D eigenvalue weighted by molar-refractivity contribution is 0.154. The predicted molar refractivity (Wildman–Crippen MR) is 52.6 cm³/mol. The summed E-state index contributed by atoms with van der Waals surface area (Å²) in [5, 5.41) is 0. The molecule has 0 bridgehead atoms. The number of imidazole rings is 1. The molecule has 0 aliphatic carbocycles. The summed E-state index contributed by atoms with van der Waals surface area (Å²) in [6, 6.07) is 0.297. The Labute approximate surface area is 78.7 Å². The fourth-order valence-electron chi connectivity index (χ4n) is 1.41. The van der Waals surface area contributed by atoms with E-state index in [0.29, 0.717) is 18.6 Å². The van der Waals surface area contributed by atoms with E-state index in [0.717, 1.165) is 12.1 Å². The monoisotopic (exact) mass is 183 g/mol. The number of anilines is 1. The minimum atomic E-state index is 0.297. The second-order valence-corrected chi connectivity index (χ2v) is 3.17. The van der Waals surface area contributed by atoms with Gasteiger partial charge in [-0.1, -0.05) is 6.92 Å². The van der Waals surface area contributed by atoms with Gasteiger partial charge in [-0.3, -0.25) is 0 Å². The smallest absolute Gasteiger partial charge is 0.200 e. The zero-order valence-corrected chi connectivity index (χ0v) is 8.45. The van der Waals surface area contributed by atoms with Crippen LogP contribution in [0.15, 0.2) is 6.20 Å². The van der Waals surface area contributed by atoms with E-state index in [-0.39, 0.29) is 0 Å². The largest absolute Gasteiger partial charge is 0.383 e. The average Bonchev–Trinajstić information content (AvgIpc) is 2.41. The normalized spacial score (nSPS) is 13.2. The van der Waals surface area contributed by atoms with Crippen molar-refractivity contribution in [1.29, 1.82) is 0 Å². The summed E-state index contributed by atoms with van der Waals surface area (Å²) in [6.07, 6.45) is 2.95. The molecule has 0 aliphatic heterocycles. The van der Waals surface area contributed by atoms with Crippen LogP contribution in [0.4, 0.5) is 5.95 Å². The summed E-state index contributed by atoms with van der Waals surface area (Å²) < 4.78 is 7.08. The number of hydrogen-bond acceptors (Lipinski definition) is 3. The molecule has 1 rings (SSSR count). The van der Waals surface area contributed by atoms with Gasteiger partial charge in [0, 0.05) is 13.3 Å². The van der Waals surface area contributed by atoms with Crippen molar-refractivity contribution in [2.24, 2.45) is 0 Å². The van der Waals surface area contributed by atoms with Crippen molar-refractivity contribution in [3.63, 3.8) is 0 Å². The van der Waals surface area contributed by atoms with Crippen LogP contribution in [0.3, 0.4) is 0 Å². The molecule has 4 nitrogen and oxygen atoms in total. The van der Waals surface area contributed by atoms with Crippen LogP contribution in [0.2, 0.25) is 0 Å². The van der Waals surface area contributed by atoms with E-state index < -0.39 is 0 Å². The number of ether oxygens (including phenoxy) is 1. The molecule has 74 valence electrons. The van der Waals surface area contributed by atoms with Gasteiger partial charge in [0.15, 0.2) is 0 Å². The summed E-state index contributed by atoms with van der Waals surface area (Å²) >= 11 is 0. The van der Waals surface area contributed by atoms with Crippen LogP contribution in [0.5, 0.6) is 0 Å². The maximum atomic E-state index is 5.74. The van der Waals surface area contributed by atoms with Crippen molar-refractivity contribution in [1.82, 2.24) is 9.55 Å². The Hall–Kier alpha value is -1.03. The van der Waals surface area contributed by atoms with Crippen LogP contribution >= 0.6 is 0 Å². The Morgan fingerprint density at radius 1 is 1.69 bits per heavy atom. The van der Waals surface area contributed by atoms with Gasteiger partial charge in [-0.15, -0.1) is 0 Å². The predicted octanol–water partition coefficient (Wildman–Crippen LogP) is 1.37. The van der Waals surface area contributed by atoms with Crippen molar-refractivity contribution in [2.75, 3.05) is 19.5 Å². The molecule has 2 N–H and O–H groups in total. The standard InChI is InChI=1S/C9H17N3O/c1-4-8(6-13-3)12-5-7(2)11-9(12)10/h5,8H,4,6H2,1-3H3,(H2,10,11). The first-order valence-corrected chi connectivity index (χ1v) is 4.49. The van der Waals surface area contributed by atoms with Crippen LogP contribution in [0.25, 0.3) is 0 Å². The van der Waals surface area contributed by atoms with Gasteiger partial charge in [0.25, 0.3) is 0 Å². The third kappa shape index (κ3) is 2.21. The topological polar surface area (TPSA) is 53.1 Å². The molecule has 0 radical (unpaired) electrons. The maximum Gasteiger partial charge on any atom is 0.200 e. The SMILES string of the molecule is CCC(COC)n1cc(C)nc1N. The number of rotatable bonds is 4. The van der Waals surface area contributed by atoms with E-state index in [1.54, 1.807) is 7.11 Å². The number of nitrogen functional groups attached to an aromatic ring is 1. The second-order valence-electron chi connectivity index (χ2n) is 3.17. The Kier molecular flexibility index (Phi) is 3.31. The van der Waals surface area contributed by atoms with Crippen molar-refractivity contribution < 1.29 is 4.74 Å². The third-order valence-corrected chi connectivity index (χ3v) is 2.11. The molecule has 0 aromatic carbocycles. The first-order chi connectivity index (χ1) is 6.19. The van der Waals surface area contributed by atoms with Crippen molar-refractivity contribution in [3.8, 4) is 0 Å². The van der Waals surface area contributed by atoms with Crippen molar-refractivity contribution in [2.45, 2.75) is 26.3 Å².